The number of aliphatic hydroxyl groups excluding tert-OH is 1. The molecule has 2 aliphatic heterocycles. The van der Waals surface area contributed by atoms with E-state index in [0.717, 1.165) is 17.0 Å². The number of aliphatic hydroxyl groups is 1. The monoisotopic (exact) mass is 608 g/mol. The standard InChI is InChI=1S/C27H28ClF3N6O5/c1-33-10-12-35(13-11-33)21(38)16-37-24(39)22-23(34(2)26(37)40)32-25(36(22)15-17-6-8-18(28)9-7-17)41-19-4-3-5-20(14-19)42-27(29,30)31/h3-9,14,26,40H,10-13,15-16H2,1-2H3. The number of carbonyl (C=O) groups is 2. The SMILES string of the molecule is CN1CCN(C(=O)CN2C(=O)c3c(nc(Oc4cccc(OC(F)(F)F)c4)n3Cc3ccc(Cl)cc3)N(C)C2O)CC1. The van der Waals surface area contributed by atoms with Crippen LogP contribution >= 0.6 is 11.6 Å². The zero-order valence-electron chi connectivity index (χ0n) is 22.7. The first-order valence-corrected chi connectivity index (χ1v) is 13.3. The Kier molecular flexibility index (Phi) is 8.21. The summed E-state index contributed by atoms with van der Waals surface area (Å²) in [5.74, 6) is -1.44. The molecular formula is C27H28ClF3N6O5. The van der Waals surface area contributed by atoms with E-state index in [9.17, 15) is 27.9 Å². The zero-order valence-corrected chi connectivity index (χ0v) is 23.5. The highest BCUT2D eigenvalue weighted by atomic mass is 35.5. The van der Waals surface area contributed by atoms with Gasteiger partial charge in [-0.05, 0) is 36.9 Å². The molecule has 3 aromatic rings. The Bertz CT molecular complexity index is 1460. The molecule has 15 heteroatoms. The highest BCUT2D eigenvalue weighted by Gasteiger charge is 2.42. The van der Waals surface area contributed by atoms with E-state index in [0.29, 0.717) is 36.8 Å². The lowest BCUT2D eigenvalue weighted by Gasteiger charge is -2.39. The van der Waals surface area contributed by atoms with Crippen molar-refractivity contribution in [3.8, 4) is 17.5 Å². The van der Waals surface area contributed by atoms with Crippen LogP contribution in [0, 0.1) is 0 Å². The van der Waals surface area contributed by atoms with Crippen LogP contribution in [-0.2, 0) is 11.3 Å². The lowest BCUT2D eigenvalue weighted by molar-refractivity contribution is -0.274. The number of fused-ring (bicyclic) bond motifs is 1. The summed E-state index contributed by atoms with van der Waals surface area (Å²) in [5, 5.41) is 11.5. The molecule has 0 spiro atoms. The summed E-state index contributed by atoms with van der Waals surface area (Å²) in [6, 6.07) is 11.5. The predicted octanol–water partition coefficient (Wildman–Crippen LogP) is 3.22. The van der Waals surface area contributed by atoms with Gasteiger partial charge in [-0.2, -0.15) is 4.98 Å². The number of hydrogen-bond donors (Lipinski definition) is 1. The lowest BCUT2D eigenvalue weighted by atomic mass is 10.2. The molecule has 0 aliphatic carbocycles. The molecule has 1 N–H and O–H groups in total. The van der Waals surface area contributed by atoms with Gasteiger partial charge in [-0.3, -0.25) is 19.1 Å². The number of alkyl halides is 3. The summed E-state index contributed by atoms with van der Waals surface area (Å²) in [5.41, 5.74) is 0.738. The van der Waals surface area contributed by atoms with E-state index >= 15 is 0 Å². The molecule has 224 valence electrons. The minimum absolute atomic E-state index is 0.0293. The van der Waals surface area contributed by atoms with Gasteiger partial charge in [-0.1, -0.05) is 29.8 Å². The molecule has 1 unspecified atom stereocenters. The van der Waals surface area contributed by atoms with E-state index in [1.807, 2.05) is 7.05 Å². The number of rotatable bonds is 7. The number of nitrogens with zero attached hydrogens (tertiary/aromatic N) is 6. The molecule has 2 aliphatic rings. The van der Waals surface area contributed by atoms with E-state index in [1.54, 1.807) is 29.2 Å². The molecule has 11 nitrogen and oxygen atoms in total. The van der Waals surface area contributed by atoms with Crippen LogP contribution in [0.3, 0.4) is 0 Å². The molecule has 1 aromatic heterocycles. The fraction of sp³-hybridized carbons (Fsp3) is 0.370. The van der Waals surface area contributed by atoms with E-state index in [4.69, 9.17) is 16.3 Å². The third-order valence-electron chi connectivity index (χ3n) is 7.00. The number of halogens is 4. The Hall–Kier alpha value is -4.01. The van der Waals surface area contributed by atoms with Crippen molar-refractivity contribution in [1.82, 2.24) is 24.3 Å². The average Bonchev–Trinajstić information content (AvgIpc) is 3.28. The second-order valence-corrected chi connectivity index (χ2v) is 10.4. The maximum atomic E-state index is 13.9. The molecule has 5 rings (SSSR count). The number of carbonyl (C=O) groups excluding carboxylic acids is 2. The number of likely N-dealkylation sites (N-methyl/N-ethyl adjacent to an activating group) is 1. The molecular weight excluding hydrogens is 581 g/mol. The fourth-order valence-corrected chi connectivity index (χ4v) is 4.85. The fourth-order valence-electron chi connectivity index (χ4n) is 4.73. The quantitative estimate of drug-likeness (QED) is 0.436. The van der Waals surface area contributed by atoms with Gasteiger partial charge in [-0.25, -0.2) is 0 Å². The summed E-state index contributed by atoms with van der Waals surface area (Å²) < 4.78 is 49.7. The smallest absolute Gasteiger partial charge is 0.425 e. The van der Waals surface area contributed by atoms with Crippen molar-refractivity contribution in [3.05, 3.63) is 64.8 Å². The molecule has 2 aromatic carbocycles. The molecule has 0 radical (unpaired) electrons. The van der Waals surface area contributed by atoms with Gasteiger partial charge in [0.25, 0.3) is 5.91 Å². The summed E-state index contributed by atoms with van der Waals surface area (Å²) in [4.78, 5) is 37.5. The number of amides is 2. The first-order valence-electron chi connectivity index (χ1n) is 13.0. The number of hydrogen-bond acceptors (Lipinski definition) is 8. The van der Waals surface area contributed by atoms with Gasteiger partial charge in [0.2, 0.25) is 12.3 Å². The van der Waals surface area contributed by atoms with Gasteiger partial charge in [0, 0.05) is 44.3 Å². The van der Waals surface area contributed by atoms with Gasteiger partial charge in [0.15, 0.2) is 11.5 Å². The van der Waals surface area contributed by atoms with Crippen molar-refractivity contribution < 1.29 is 37.3 Å². The summed E-state index contributed by atoms with van der Waals surface area (Å²) in [6.45, 7) is 2.07. The van der Waals surface area contributed by atoms with Gasteiger partial charge in [-0.15, -0.1) is 13.2 Å². The Balaban J connectivity index is 1.49. The van der Waals surface area contributed by atoms with Crippen LogP contribution in [-0.4, -0.2) is 101 Å². The van der Waals surface area contributed by atoms with Crippen LogP contribution in [0.5, 0.6) is 17.5 Å². The van der Waals surface area contributed by atoms with Crippen LogP contribution in [0.15, 0.2) is 48.5 Å². The van der Waals surface area contributed by atoms with Crippen LogP contribution < -0.4 is 14.4 Å². The lowest BCUT2D eigenvalue weighted by Crippen LogP contribution is -2.58. The third-order valence-corrected chi connectivity index (χ3v) is 7.25. The Labute approximate surface area is 244 Å². The Morgan fingerprint density at radius 2 is 1.74 bits per heavy atom. The van der Waals surface area contributed by atoms with Gasteiger partial charge in [0.05, 0.1) is 6.54 Å². The summed E-state index contributed by atoms with van der Waals surface area (Å²) in [7, 11) is 3.46. The Morgan fingerprint density at radius 1 is 1.07 bits per heavy atom. The second kappa shape index (κ2) is 11.7. The topological polar surface area (TPSA) is 104 Å². The molecule has 1 saturated heterocycles. The molecule has 1 fully saturated rings. The summed E-state index contributed by atoms with van der Waals surface area (Å²) in [6.07, 6.45) is -6.40. The number of anilines is 1. The highest BCUT2D eigenvalue weighted by molar-refractivity contribution is 6.30. The van der Waals surface area contributed by atoms with Crippen LogP contribution in [0.2, 0.25) is 5.02 Å². The minimum Gasteiger partial charge on any atom is -0.425 e. The minimum atomic E-state index is -4.90. The largest absolute Gasteiger partial charge is 0.573 e. The van der Waals surface area contributed by atoms with Crippen LogP contribution in [0.4, 0.5) is 19.0 Å². The van der Waals surface area contributed by atoms with Crippen molar-refractivity contribution >= 4 is 29.2 Å². The van der Waals surface area contributed by atoms with Crippen molar-refractivity contribution in [2.45, 2.75) is 19.3 Å². The van der Waals surface area contributed by atoms with Crippen molar-refractivity contribution in [2.24, 2.45) is 0 Å². The molecule has 42 heavy (non-hydrogen) atoms. The molecule has 1 atom stereocenters. The molecule has 3 heterocycles. The third kappa shape index (κ3) is 6.40. The molecule has 0 saturated carbocycles. The average molecular weight is 609 g/mol. The van der Waals surface area contributed by atoms with E-state index in [-0.39, 0.29) is 42.3 Å². The van der Waals surface area contributed by atoms with Gasteiger partial charge < -0.3 is 29.3 Å². The first kappa shape index (κ1) is 29.5. The molecule has 0 bridgehead atoms. The number of aromatic nitrogens is 2. The number of benzene rings is 2. The maximum absolute atomic E-state index is 13.9. The number of piperazine rings is 1. The first-order chi connectivity index (χ1) is 19.9. The normalized spacial score (nSPS) is 17.8. The van der Waals surface area contributed by atoms with Gasteiger partial charge in [0.1, 0.15) is 18.0 Å². The van der Waals surface area contributed by atoms with Crippen LogP contribution in [0.25, 0.3) is 0 Å². The van der Waals surface area contributed by atoms with Crippen molar-refractivity contribution in [3.63, 3.8) is 0 Å². The Morgan fingerprint density at radius 3 is 2.40 bits per heavy atom. The number of imidazole rings is 1. The summed E-state index contributed by atoms with van der Waals surface area (Å²) >= 11 is 6.04. The number of ether oxygens (including phenoxy) is 2. The molecule has 2 amide bonds. The van der Waals surface area contributed by atoms with Crippen molar-refractivity contribution in [1.29, 1.82) is 0 Å². The van der Waals surface area contributed by atoms with Gasteiger partial charge >= 0.3 is 12.4 Å². The second-order valence-electron chi connectivity index (χ2n) is 9.98. The van der Waals surface area contributed by atoms with E-state index in [2.05, 4.69) is 14.6 Å². The highest BCUT2D eigenvalue weighted by Crippen LogP contribution is 2.36. The zero-order chi connectivity index (χ0) is 30.2. The van der Waals surface area contributed by atoms with E-state index < -0.39 is 24.4 Å². The van der Waals surface area contributed by atoms with E-state index in [1.165, 1.54) is 28.6 Å². The maximum Gasteiger partial charge on any atom is 0.573 e. The predicted molar refractivity (Wildman–Crippen MR) is 146 cm³/mol. The van der Waals surface area contributed by atoms with Crippen LogP contribution in [0.1, 0.15) is 16.1 Å². The van der Waals surface area contributed by atoms with Crippen molar-refractivity contribution in [2.75, 3.05) is 51.7 Å².